The number of hydrogen-bond acceptors (Lipinski definition) is 0. The van der Waals surface area contributed by atoms with Gasteiger partial charge in [-0.3, -0.25) is 0 Å². The lowest BCUT2D eigenvalue weighted by Gasteiger charge is -2.19. The van der Waals surface area contributed by atoms with Crippen LogP contribution < -0.4 is 9.13 Å². The van der Waals surface area contributed by atoms with Crippen molar-refractivity contribution in [1.82, 2.24) is 0 Å². The zero-order chi connectivity index (χ0) is 47.9. The molecule has 0 spiro atoms. The van der Waals surface area contributed by atoms with Gasteiger partial charge >= 0.3 is 0 Å². The quantitative estimate of drug-likeness (QED) is 0.0532. The van der Waals surface area contributed by atoms with Gasteiger partial charge in [0.05, 0.1) is 0 Å². The Morgan fingerprint density at radius 2 is 0.423 bits per heavy atom. The summed E-state index contributed by atoms with van der Waals surface area (Å²) < 4.78 is 4.73. The van der Waals surface area contributed by atoms with Gasteiger partial charge in [0.2, 0.25) is 0 Å². The number of pyridine rings is 2. The van der Waals surface area contributed by atoms with E-state index in [1.807, 2.05) is 0 Å². The van der Waals surface area contributed by atoms with Gasteiger partial charge in [0, 0.05) is 37.1 Å². The number of unbranched alkanes of at least 4 members (excludes halogenated alkanes) is 8. The van der Waals surface area contributed by atoms with Crippen molar-refractivity contribution in [3.05, 3.63) is 255 Å². The molecule has 0 aliphatic carbocycles. The molecule has 0 saturated heterocycles. The maximum absolute atomic E-state index is 2.38. The number of rotatable bonds is 20. The first kappa shape index (κ1) is 46.8. The van der Waals surface area contributed by atoms with Crippen molar-refractivity contribution in [1.29, 1.82) is 0 Å². The van der Waals surface area contributed by atoms with E-state index in [1.165, 1.54) is 147 Å². The minimum atomic E-state index is 1.05. The van der Waals surface area contributed by atoms with Gasteiger partial charge in [0.15, 0.2) is 24.8 Å². The van der Waals surface area contributed by atoms with Crippen molar-refractivity contribution in [2.75, 3.05) is 0 Å². The fraction of sp³-hybridized carbons (Fsp3) is 0.159. The molecule has 0 saturated carbocycles. The predicted molar refractivity (Wildman–Crippen MR) is 298 cm³/mol. The Morgan fingerprint density at radius 3 is 0.676 bits per heavy atom. The summed E-state index contributed by atoms with van der Waals surface area (Å²) in [6.07, 6.45) is 20.7. The van der Waals surface area contributed by atoms with Crippen LogP contribution in [0.1, 0.15) is 57.8 Å². The van der Waals surface area contributed by atoms with Gasteiger partial charge in [0.1, 0.15) is 13.1 Å². The van der Waals surface area contributed by atoms with Gasteiger partial charge in [-0.05, 0) is 126 Å². The normalized spacial score (nSPS) is 11.2. The zero-order valence-electron chi connectivity index (χ0n) is 40.9. The molecule has 0 bridgehead atoms. The number of hydrogen-bond donors (Lipinski definition) is 0. The van der Waals surface area contributed by atoms with Crippen molar-refractivity contribution in [2.24, 2.45) is 0 Å². The average Bonchev–Trinajstić information content (AvgIpc) is 3.45. The molecule has 0 aliphatic heterocycles. The Labute approximate surface area is 422 Å². The SMILES string of the molecule is c1ccc(-c2cc(-c3ccccc3)c(-c3cc[n+](CCCCCCCCCCC[n+]4ccc(-c5c(-c6ccccc6)cc(-c6ccccc6)cc5-c5ccccc5)cc4)cc3)c(-c3ccccc3)c2)cc1. The molecule has 2 heteroatoms. The van der Waals surface area contributed by atoms with Gasteiger partial charge in [0.25, 0.3) is 0 Å². The summed E-state index contributed by atoms with van der Waals surface area (Å²) in [6, 6.07) is 83.8. The van der Waals surface area contributed by atoms with Crippen molar-refractivity contribution >= 4 is 0 Å². The molecule has 2 heterocycles. The second-order valence-corrected chi connectivity index (χ2v) is 18.9. The molecule has 0 atom stereocenters. The third-order valence-electron chi connectivity index (χ3n) is 14.0. The molecule has 2 nitrogen and oxygen atoms in total. The lowest BCUT2D eigenvalue weighted by Crippen LogP contribution is -2.32. The fourth-order valence-corrected chi connectivity index (χ4v) is 10.3. The highest BCUT2D eigenvalue weighted by atomic mass is 14.9. The standard InChI is InChI=1S/C69H64N2/c1(2-4-6-26-44-70-46-40-60(41-47-70)68-64(56-32-18-10-19-33-56)50-62(54-28-14-8-15-29-54)51-65(68)57-34-20-11-21-35-57)3-5-7-27-45-71-48-42-61(43-49-71)69-66(58-36-22-12-23-37-58)52-63(55-30-16-9-17-31-55)53-67(69)59-38-24-13-25-39-59/h8-25,28-43,46-53H,1-7,26-27,44-45H2/q+2. The first-order valence-electron chi connectivity index (χ1n) is 25.9. The Bertz CT molecular complexity index is 2860. The van der Waals surface area contributed by atoms with Gasteiger partial charge in [-0.1, -0.05) is 214 Å². The van der Waals surface area contributed by atoms with E-state index in [0.717, 1.165) is 13.1 Å². The van der Waals surface area contributed by atoms with Crippen molar-refractivity contribution in [3.63, 3.8) is 0 Å². The molecule has 0 N–H and O–H groups in total. The Hall–Kier alpha value is -7.94. The molecule has 8 aromatic carbocycles. The summed E-state index contributed by atoms with van der Waals surface area (Å²) in [5.74, 6) is 0. The van der Waals surface area contributed by atoms with Crippen LogP contribution in [0.3, 0.4) is 0 Å². The molecule has 10 aromatic rings. The fourth-order valence-electron chi connectivity index (χ4n) is 10.3. The molecule has 0 unspecified atom stereocenters. The Balaban J connectivity index is 0.709. The number of nitrogens with zero attached hydrogens (tertiary/aromatic N) is 2. The Kier molecular flexibility index (Phi) is 15.5. The van der Waals surface area contributed by atoms with Crippen molar-refractivity contribution in [2.45, 2.75) is 70.9 Å². The largest absolute Gasteiger partial charge is 0.205 e. The van der Waals surface area contributed by atoms with E-state index >= 15 is 0 Å². The molecule has 348 valence electrons. The molecule has 71 heavy (non-hydrogen) atoms. The Morgan fingerprint density at radius 1 is 0.197 bits per heavy atom. The minimum Gasteiger partial charge on any atom is -0.205 e. The lowest BCUT2D eigenvalue weighted by atomic mass is 9.85. The van der Waals surface area contributed by atoms with Crippen LogP contribution >= 0.6 is 0 Å². The summed E-state index contributed by atoms with van der Waals surface area (Å²) in [4.78, 5) is 0. The second kappa shape index (κ2) is 23.6. The van der Waals surface area contributed by atoms with Gasteiger partial charge in [-0.2, -0.15) is 0 Å². The van der Waals surface area contributed by atoms with Crippen LogP contribution in [0.25, 0.3) is 89.0 Å². The van der Waals surface area contributed by atoms with Gasteiger partial charge in [-0.15, -0.1) is 0 Å². The maximum Gasteiger partial charge on any atom is 0.169 e. The third kappa shape index (κ3) is 11.7. The smallest absolute Gasteiger partial charge is 0.169 e. The van der Waals surface area contributed by atoms with Crippen LogP contribution in [0.15, 0.2) is 255 Å². The van der Waals surface area contributed by atoms with Crippen LogP contribution in [0.2, 0.25) is 0 Å². The minimum absolute atomic E-state index is 1.05. The number of aryl methyl sites for hydroxylation is 2. The molecule has 2 aromatic heterocycles. The summed E-state index contributed by atoms with van der Waals surface area (Å²) in [5, 5.41) is 0. The van der Waals surface area contributed by atoms with Crippen LogP contribution in [0, 0.1) is 0 Å². The van der Waals surface area contributed by atoms with Crippen LogP contribution in [0.5, 0.6) is 0 Å². The predicted octanol–water partition coefficient (Wildman–Crippen LogP) is 17.8. The van der Waals surface area contributed by atoms with Crippen LogP contribution in [0.4, 0.5) is 0 Å². The highest BCUT2D eigenvalue weighted by Gasteiger charge is 2.20. The first-order valence-corrected chi connectivity index (χ1v) is 25.9. The van der Waals surface area contributed by atoms with E-state index < -0.39 is 0 Å². The van der Waals surface area contributed by atoms with Crippen LogP contribution in [-0.2, 0) is 13.1 Å². The highest BCUT2D eigenvalue weighted by molar-refractivity contribution is 5.99. The third-order valence-corrected chi connectivity index (χ3v) is 14.0. The molecular weight excluding hydrogens is 857 g/mol. The van der Waals surface area contributed by atoms with E-state index in [4.69, 9.17) is 0 Å². The molecule has 0 fully saturated rings. The molecule has 10 rings (SSSR count). The van der Waals surface area contributed by atoms with E-state index in [2.05, 4.69) is 264 Å². The molecule has 0 radical (unpaired) electrons. The summed E-state index contributed by atoms with van der Waals surface area (Å²) in [6.45, 7) is 2.09. The van der Waals surface area contributed by atoms with Crippen LogP contribution in [-0.4, -0.2) is 0 Å². The van der Waals surface area contributed by atoms with Crippen molar-refractivity contribution < 1.29 is 9.13 Å². The second-order valence-electron chi connectivity index (χ2n) is 18.9. The maximum atomic E-state index is 2.38. The highest BCUT2D eigenvalue weighted by Crippen LogP contribution is 2.45. The van der Waals surface area contributed by atoms with E-state index in [0.29, 0.717) is 0 Å². The van der Waals surface area contributed by atoms with E-state index in [9.17, 15) is 0 Å². The summed E-state index contributed by atoms with van der Waals surface area (Å²) in [5.41, 5.74) is 19.9. The monoisotopic (exact) mass is 921 g/mol. The zero-order valence-corrected chi connectivity index (χ0v) is 40.9. The van der Waals surface area contributed by atoms with Gasteiger partial charge < -0.3 is 0 Å². The summed E-state index contributed by atoms with van der Waals surface area (Å²) >= 11 is 0. The number of aromatic nitrogens is 2. The average molecular weight is 921 g/mol. The molecule has 0 aliphatic rings. The van der Waals surface area contributed by atoms with Gasteiger partial charge in [-0.25, -0.2) is 9.13 Å². The van der Waals surface area contributed by atoms with E-state index in [1.54, 1.807) is 0 Å². The molecule has 0 amide bonds. The number of benzene rings is 8. The molecular formula is C69H64N2+2. The van der Waals surface area contributed by atoms with Crippen molar-refractivity contribution in [3.8, 4) is 89.0 Å². The summed E-state index contributed by atoms with van der Waals surface area (Å²) in [7, 11) is 0. The van der Waals surface area contributed by atoms with E-state index in [-0.39, 0.29) is 0 Å². The lowest BCUT2D eigenvalue weighted by molar-refractivity contribution is -0.697. The first-order chi connectivity index (χ1) is 35.2. The topological polar surface area (TPSA) is 7.76 Å².